The Morgan fingerprint density at radius 1 is 1.00 bits per heavy atom. The van der Waals surface area contributed by atoms with Gasteiger partial charge in [-0.05, 0) is 38.1 Å². The zero-order valence-corrected chi connectivity index (χ0v) is 16.5. The highest BCUT2D eigenvalue weighted by Gasteiger charge is 2.30. The summed E-state index contributed by atoms with van der Waals surface area (Å²) in [5.74, 6) is 0.660. The van der Waals surface area contributed by atoms with Crippen molar-refractivity contribution in [3.8, 4) is 5.75 Å². The summed E-state index contributed by atoms with van der Waals surface area (Å²) in [6.07, 6.45) is -0.401. The Morgan fingerprint density at radius 2 is 1.68 bits per heavy atom. The zero-order valence-electron chi connectivity index (χ0n) is 16.5. The summed E-state index contributed by atoms with van der Waals surface area (Å²) in [7, 11) is 0. The molecule has 1 fully saturated rings. The molecule has 28 heavy (non-hydrogen) atoms. The Hall–Kier alpha value is -2.93. The Bertz CT molecular complexity index is 791. The number of anilines is 3. The molecule has 0 aliphatic carbocycles. The molecule has 2 aromatic rings. The second-order valence-electron chi connectivity index (χ2n) is 6.41. The maximum Gasteiger partial charge on any atom is 0.429 e. The minimum absolute atomic E-state index is 0.312. The van der Waals surface area contributed by atoms with Gasteiger partial charge in [-0.1, -0.05) is 24.3 Å². The first-order valence-electron chi connectivity index (χ1n) is 9.68. The summed E-state index contributed by atoms with van der Waals surface area (Å²) < 4.78 is 11.1. The molecular formula is C21H28N4O3. The largest absolute Gasteiger partial charge is 0.492 e. The molecule has 0 bridgehead atoms. The van der Waals surface area contributed by atoms with Gasteiger partial charge in [-0.3, -0.25) is 0 Å². The third-order valence-electron chi connectivity index (χ3n) is 4.65. The van der Waals surface area contributed by atoms with E-state index in [1.165, 1.54) is 0 Å². The first-order chi connectivity index (χ1) is 13.7. The number of hydrazine groups is 1. The first-order valence-corrected chi connectivity index (χ1v) is 9.68. The lowest BCUT2D eigenvalue weighted by Crippen LogP contribution is -2.56. The molecule has 1 aliphatic heterocycles. The highest BCUT2D eigenvalue weighted by molar-refractivity contribution is 5.88. The lowest BCUT2D eigenvalue weighted by Gasteiger charge is -2.41. The average Bonchev–Trinajstić information content (AvgIpc) is 2.71. The lowest BCUT2D eigenvalue weighted by molar-refractivity contribution is 0.130. The maximum absolute atomic E-state index is 12.8. The summed E-state index contributed by atoms with van der Waals surface area (Å²) in [4.78, 5) is 15.0. The van der Waals surface area contributed by atoms with Crippen LogP contribution in [0.3, 0.4) is 0 Å². The van der Waals surface area contributed by atoms with Crippen LogP contribution in [0, 0.1) is 0 Å². The van der Waals surface area contributed by atoms with Gasteiger partial charge in [0.25, 0.3) is 0 Å². The summed E-state index contributed by atoms with van der Waals surface area (Å²) in [5, 5.41) is 3.60. The topological polar surface area (TPSA) is 71.3 Å². The van der Waals surface area contributed by atoms with E-state index in [1.807, 2.05) is 60.5 Å². The lowest BCUT2D eigenvalue weighted by atomic mass is 10.2. The maximum atomic E-state index is 12.8. The number of hydrogen-bond donors (Lipinski definition) is 1. The van der Waals surface area contributed by atoms with E-state index >= 15 is 0 Å². The number of benzene rings is 2. The fraction of sp³-hybridized carbons (Fsp3) is 0.381. The van der Waals surface area contributed by atoms with Gasteiger partial charge in [0, 0.05) is 26.2 Å². The fourth-order valence-electron chi connectivity index (χ4n) is 3.37. The van der Waals surface area contributed by atoms with Crippen LogP contribution in [-0.4, -0.2) is 50.5 Å². The van der Waals surface area contributed by atoms with Crippen molar-refractivity contribution in [1.82, 2.24) is 5.01 Å². The average molecular weight is 384 g/mol. The van der Waals surface area contributed by atoms with Crippen molar-refractivity contribution in [2.24, 2.45) is 0 Å². The van der Waals surface area contributed by atoms with Gasteiger partial charge in [0.15, 0.2) is 0 Å². The third kappa shape index (κ3) is 4.31. The van der Waals surface area contributed by atoms with Crippen molar-refractivity contribution in [3.63, 3.8) is 0 Å². The van der Waals surface area contributed by atoms with Gasteiger partial charge in [-0.25, -0.2) is 14.8 Å². The fourth-order valence-corrected chi connectivity index (χ4v) is 3.37. The van der Waals surface area contributed by atoms with E-state index in [0.717, 1.165) is 24.5 Å². The molecule has 150 valence electrons. The number of para-hydroxylation sites is 4. The summed E-state index contributed by atoms with van der Waals surface area (Å²) >= 11 is 0. The van der Waals surface area contributed by atoms with Crippen molar-refractivity contribution >= 4 is 23.2 Å². The minimum atomic E-state index is -0.401. The van der Waals surface area contributed by atoms with Crippen LogP contribution < -0.4 is 20.4 Å². The number of carbonyl (C=O) groups is 1. The van der Waals surface area contributed by atoms with Crippen LogP contribution in [0.4, 0.5) is 21.9 Å². The molecule has 7 heteroatoms. The minimum Gasteiger partial charge on any atom is -0.492 e. The molecule has 2 N–H and O–H groups in total. The molecule has 0 radical (unpaired) electrons. The summed E-state index contributed by atoms with van der Waals surface area (Å²) in [5.41, 5.74) is 8.60. The molecule has 1 amide bonds. The second kappa shape index (κ2) is 9.32. The molecule has 7 nitrogen and oxygen atoms in total. The first kappa shape index (κ1) is 19.8. The summed E-state index contributed by atoms with van der Waals surface area (Å²) in [6, 6.07) is 15.4. The highest BCUT2D eigenvalue weighted by Crippen LogP contribution is 2.31. The molecule has 1 heterocycles. The van der Waals surface area contributed by atoms with Crippen LogP contribution >= 0.6 is 0 Å². The second-order valence-corrected chi connectivity index (χ2v) is 6.41. The molecule has 1 saturated heterocycles. The van der Waals surface area contributed by atoms with Crippen LogP contribution in [0.5, 0.6) is 5.75 Å². The number of amides is 1. The molecular weight excluding hydrogens is 356 g/mol. The quantitative estimate of drug-likeness (QED) is 0.770. The molecule has 0 unspecified atom stereocenters. The molecule has 1 aliphatic rings. The van der Waals surface area contributed by atoms with Crippen LogP contribution in [0.1, 0.15) is 13.8 Å². The van der Waals surface area contributed by atoms with Crippen molar-refractivity contribution in [2.75, 3.05) is 55.0 Å². The van der Waals surface area contributed by atoms with E-state index in [1.54, 1.807) is 11.9 Å². The predicted octanol–water partition coefficient (Wildman–Crippen LogP) is 3.37. The van der Waals surface area contributed by atoms with Gasteiger partial charge in [0.05, 0.1) is 24.6 Å². The molecule has 3 rings (SSSR count). The van der Waals surface area contributed by atoms with Crippen molar-refractivity contribution in [2.45, 2.75) is 13.8 Å². The highest BCUT2D eigenvalue weighted by atomic mass is 16.6. The van der Waals surface area contributed by atoms with Gasteiger partial charge in [0.1, 0.15) is 11.4 Å². The van der Waals surface area contributed by atoms with E-state index < -0.39 is 6.09 Å². The summed E-state index contributed by atoms with van der Waals surface area (Å²) in [6.45, 7) is 7.39. The van der Waals surface area contributed by atoms with E-state index in [-0.39, 0.29) is 0 Å². The standard InChI is InChI=1S/C21H28N4O3/c1-3-27-20-12-8-7-11-19(20)25(21(26)28-4-2)24-15-13-23(14-16-24)18-10-6-5-9-17(18)22/h5-12H,3-4,13-16,22H2,1-2H3. The predicted molar refractivity (Wildman–Crippen MR) is 112 cm³/mol. The number of nitrogens with two attached hydrogens (primary N) is 1. The Kier molecular flexibility index (Phi) is 6.60. The van der Waals surface area contributed by atoms with E-state index in [9.17, 15) is 4.79 Å². The van der Waals surface area contributed by atoms with Gasteiger partial charge in [-0.2, -0.15) is 0 Å². The van der Waals surface area contributed by atoms with Gasteiger partial charge < -0.3 is 20.1 Å². The smallest absolute Gasteiger partial charge is 0.429 e. The monoisotopic (exact) mass is 384 g/mol. The van der Waals surface area contributed by atoms with E-state index in [2.05, 4.69) is 4.90 Å². The number of hydrogen-bond acceptors (Lipinski definition) is 6. The Balaban J connectivity index is 1.81. The molecule has 0 saturated carbocycles. The number of ether oxygens (including phenoxy) is 2. The molecule has 0 aromatic heterocycles. The van der Waals surface area contributed by atoms with Gasteiger partial charge >= 0.3 is 6.09 Å². The number of piperazine rings is 1. The molecule has 0 spiro atoms. The van der Waals surface area contributed by atoms with E-state index in [0.29, 0.717) is 37.7 Å². The van der Waals surface area contributed by atoms with Gasteiger partial charge in [0.2, 0.25) is 0 Å². The van der Waals surface area contributed by atoms with Gasteiger partial charge in [-0.15, -0.1) is 0 Å². The van der Waals surface area contributed by atoms with Crippen LogP contribution in [0.15, 0.2) is 48.5 Å². The molecule has 2 aromatic carbocycles. The van der Waals surface area contributed by atoms with E-state index in [4.69, 9.17) is 15.2 Å². The van der Waals surface area contributed by atoms with Crippen molar-refractivity contribution in [3.05, 3.63) is 48.5 Å². The van der Waals surface area contributed by atoms with Crippen LogP contribution in [0.2, 0.25) is 0 Å². The number of rotatable bonds is 6. The number of carbonyl (C=O) groups excluding carboxylic acids is 1. The number of nitrogen functional groups attached to an aromatic ring is 1. The number of nitrogens with zero attached hydrogens (tertiary/aromatic N) is 3. The van der Waals surface area contributed by atoms with Crippen molar-refractivity contribution < 1.29 is 14.3 Å². The Labute approximate surface area is 166 Å². The van der Waals surface area contributed by atoms with Crippen molar-refractivity contribution in [1.29, 1.82) is 0 Å². The third-order valence-corrected chi connectivity index (χ3v) is 4.65. The molecule has 0 atom stereocenters. The normalized spacial score (nSPS) is 14.6. The zero-order chi connectivity index (χ0) is 19.9. The SMILES string of the molecule is CCOC(=O)N(c1ccccc1OCC)N1CCN(c2ccccc2N)CC1. The van der Waals surface area contributed by atoms with Crippen LogP contribution in [0.25, 0.3) is 0 Å². The van der Waals surface area contributed by atoms with Crippen LogP contribution in [-0.2, 0) is 4.74 Å². The Morgan fingerprint density at radius 3 is 2.36 bits per heavy atom.